The molecule has 1 fully saturated rings. The van der Waals surface area contributed by atoms with Gasteiger partial charge in [-0.3, -0.25) is 14.6 Å². The average Bonchev–Trinajstić information content (AvgIpc) is 2.69. The van der Waals surface area contributed by atoms with E-state index in [9.17, 15) is 14.0 Å². The van der Waals surface area contributed by atoms with Gasteiger partial charge in [-0.25, -0.2) is 4.39 Å². The highest BCUT2D eigenvalue weighted by Gasteiger charge is 2.27. The first-order valence-electron chi connectivity index (χ1n) is 8.59. The van der Waals surface area contributed by atoms with Crippen LogP contribution in [0.5, 0.6) is 0 Å². The number of pyridine rings is 1. The maximum Gasteiger partial charge on any atom is 0.251 e. The van der Waals surface area contributed by atoms with Crippen LogP contribution in [-0.2, 0) is 4.79 Å². The van der Waals surface area contributed by atoms with Gasteiger partial charge in [-0.05, 0) is 35.9 Å². The number of rotatable bonds is 5. The summed E-state index contributed by atoms with van der Waals surface area (Å²) >= 11 is 0. The fourth-order valence-electron chi connectivity index (χ4n) is 3.00. The molecule has 27 heavy (non-hydrogen) atoms. The van der Waals surface area contributed by atoms with Crippen molar-refractivity contribution in [3.05, 3.63) is 65.7 Å². The Balaban J connectivity index is 0.00000261. The summed E-state index contributed by atoms with van der Waals surface area (Å²) in [5.74, 6) is -0.724. The van der Waals surface area contributed by atoms with Crippen molar-refractivity contribution >= 4 is 24.2 Å². The summed E-state index contributed by atoms with van der Waals surface area (Å²) < 4.78 is 12.9. The standard InChI is InChI=1S/C19H21FN4O2.ClH/c20-16-5-3-14(4-6-16)19(26)23-9-7-18(25)24-11-10-22-13-17(24)15-2-1-8-21-12-15;/h1-6,8,12,17,22H,7,9-11,13H2,(H,23,26);1H. The van der Waals surface area contributed by atoms with E-state index in [4.69, 9.17) is 0 Å². The van der Waals surface area contributed by atoms with Crippen molar-refractivity contribution in [2.24, 2.45) is 0 Å². The number of nitrogens with one attached hydrogen (secondary N) is 2. The van der Waals surface area contributed by atoms with Crippen LogP contribution in [0.2, 0.25) is 0 Å². The molecule has 0 bridgehead atoms. The fourth-order valence-corrected chi connectivity index (χ4v) is 3.00. The van der Waals surface area contributed by atoms with Gasteiger partial charge in [0.1, 0.15) is 5.82 Å². The van der Waals surface area contributed by atoms with Gasteiger partial charge >= 0.3 is 0 Å². The third kappa shape index (κ3) is 5.48. The summed E-state index contributed by atoms with van der Waals surface area (Å²) in [6, 6.07) is 9.07. The molecule has 1 aromatic carbocycles. The minimum absolute atomic E-state index is 0. The molecule has 1 saturated heterocycles. The Morgan fingerprint density at radius 1 is 1.26 bits per heavy atom. The zero-order chi connectivity index (χ0) is 18.4. The molecule has 2 aromatic rings. The van der Waals surface area contributed by atoms with Crippen molar-refractivity contribution in [1.82, 2.24) is 20.5 Å². The average molecular weight is 393 g/mol. The van der Waals surface area contributed by atoms with Crippen molar-refractivity contribution in [1.29, 1.82) is 0 Å². The molecule has 0 spiro atoms. The Kier molecular flexibility index (Phi) is 7.69. The number of piperazine rings is 1. The lowest BCUT2D eigenvalue weighted by Crippen LogP contribution is -2.49. The molecule has 1 aliphatic heterocycles. The van der Waals surface area contributed by atoms with E-state index in [2.05, 4.69) is 15.6 Å². The minimum atomic E-state index is -0.392. The second kappa shape index (κ2) is 9.99. The predicted octanol–water partition coefficient (Wildman–Crippen LogP) is 1.94. The second-order valence-electron chi connectivity index (χ2n) is 6.11. The van der Waals surface area contributed by atoms with Crippen molar-refractivity contribution in [2.45, 2.75) is 12.5 Å². The van der Waals surface area contributed by atoms with E-state index in [1.54, 1.807) is 12.4 Å². The summed E-state index contributed by atoms with van der Waals surface area (Å²) in [4.78, 5) is 30.6. The second-order valence-corrected chi connectivity index (χ2v) is 6.11. The molecule has 6 nitrogen and oxygen atoms in total. The lowest BCUT2D eigenvalue weighted by molar-refractivity contribution is -0.134. The van der Waals surface area contributed by atoms with Crippen LogP contribution in [0.25, 0.3) is 0 Å². The lowest BCUT2D eigenvalue weighted by Gasteiger charge is -2.36. The molecule has 1 aliphatic rings. The van der Waals surface area contributed by atoms with Crippen molar-refractivity contribution in [3.8, 4) is 0 Å². The van der Waals surface area contributed by atoms with Gasteiger partial charge in [0.05, 0.1) is 6.04 Å². The molecule has 0 aliphatic carbocycles. The molecular formula is C19H22ClFN4O2. The number of halogens is 2. The number of hydrogen-bond acceptors (Lipinski definition) is 4. The molecule has 2 N–H and O–H groups in total. The SMILES string of the molecule is Cl.O=C(NCCC(=O)N1CCNCC1c1cccnc1)c1ccc(F)cc1. The summed E-state index contributed by atoms with van der Waals surface area (Å²) in [6.45, 7) is 2.27. The van der Waals surface area contributed by atoms with E-state index in [1.165, 1.54) is 24.3 Å². The predicted molar refractivity (Wildman–Crippen MR) is 102 cm³/mol. The van der Waals surface area contributed by atoms with Gasteiger partial charge in [-0.15, -0.1) is 12.4 Å². The number of hydrogen-bond donors (Lipinski definition) is 2. The maximum absolute atomic E-state index is 12.9. The molecule has 1 atom stereocenters. The normalized spacial score (nSPS) is 16.3. The highest BCUT2D eigenvalue weighted by Crippen LogP contribution is 2.22. The van der Waals surface area contributed by atoms with E-state index in [1.807, 2.05) is 17.0 Å². The Morgan fingerprint density at radius 3 is 2.74 bits per heavy atom. The van der Waals surface area contributed by atoms with Gasteiger partial charge in [0, 0.05) is 50.6 Å². The molecular weight excluding hydrogens is 371 g/mol. The van der Waals surface area contributed by atoms with Crippen LogP contribution < -0.4 is 10.6 Å². The highest BCUT2D eigenvalue weighted by atomic mass is 35.5. The minimum Gasteiger partial charge on any atom is -0.352 e. The summed E-state index contributed by atoms with van der Waals surface area (Å²) in [6.07, 6.45) is 3.69. The first-order valence-corrected chi connectivity index (χ1v) is 8.59. The monoisotopic (exact) mass is 392 g/mol. The Morgan fingerprint density at radius 2 is 2.04 bits per heavy atom. The first kappa shape index (κ1) is 20.8. The van der Waals surface area contributed by atoms with Crippen LogP contribution in [0.3, 0.4) is 0 Å². The zero-order valence-corrected chi connectivity index (χ0v) is 15.5. The highest BCUT2D eigenvalue weighted by molar-refractivity contribution is 5.94. The van der Waals surface area contributed by atoms with E-state index >= 15 is 0 Å². The van der Waals surface area contributed by atoms with Crippen molar-refractivity contribution < 1.29 is 14.0 Å². The number of nitrogens with zero attached hydrogens (tertiary/aromatic N) is 2. The van der Waals surface area contributed by atoms with Crippen LogP contribution in [-0.4, -0.2) is 47.9 Å². The largest absolute Gasteiger partial charge is 0.352 e. The fraction of sp³-hybridized carbons (Fsp3) is 0.316. The summed E-state index contributed by atoms with van der Waals surface area (Å²) in [7, 11) is 0. The molecule has 8 heteroatoms. The number of amides is 2. The summed E-state index contributed by atoms with van der Waals surface area (Å²) in [5, 5.41) is 6.00. The van der Waals surface area contributed by atoms with E-state index < -0.39 is 5.82 Å². The van der Waals surface area contributed by atoms with E-state index in [0.29, 0.717) is 18.7 Å². The molecule has 0 saturated carbocycles. The van der Waals surface area contributed by atoms with Gasteiger partial charge in [0.15, 0.2) is 0 Å². The molecule has 3 rings (SSSR count). The molecule has 0 radical (unpaired) electrons. The van der Waals surface area contributed by atoms with Crippen LogP contribution in [0, 0.1) is 5.82 Å². The van der Waals surface area contributed by atoms with Crippen LogP contribution >= 0.6 is 12.4 Å². The summed E-state index contributed by atoms with van der Waals surface area (Å²) in [5.41, 5.74) is 1.36. The number of carbonyl (C=O) groups is 2. The van der Waals surface area contributed by atoms with Crippen LogP contribution in [0.4, 0.5) is 4.39 Å². The maximum atomic E-state index is 12.9. The third-order valence-electron chi connectivity index (χ3n) is 4.36. The van der Waals surface area contributed by atoms with Crippen LogP contribution in [0.1, 0.15) is 28.4 Å². The third-order valence-corrected chi connectivity index (χ3v) is 4.36. The van der Waals surface area contributed by atoms with Gasteiger partial charge < -0.3 is 15.5 Å². The van der Waals surface area contributed by atoms with Crippen molar-refractivity contribution in [2.75, 3.05) is 26.2 Å². The van der Waals surface area contributed by atoms with E-state index in [-0.39, 0.29) is 43.2 Å². The number of carbonyl (C=O) groups excluding carboxylic acids is 2. The van der Waals surface area contributed by atoms with Crippen molar-refractivity contribution in [3.63, 3.8) is 0 Å². The lowest BCUT2D eigenvalue weighted by atomic mass is 10.0. The van der Waals surface area contributed by atoms with Crippen LogP contribution in [0.15, 0.2) is 48.8 Å². The van der Waals surface area contributed by atoms with Gasteiger partial charge in [0.2, 0.25) is 5.91 Å². The molecule has 1 unspecified atom stereocenters. The topological polar surface area (TPSA) is 74.3 Å². The number of aromatic nitrogens is 1. The van der Waals surface area contributed by atoms with Gasteiger partial charge in [-0.1, -0.05) is 6.07 Å². The molecule has 1 aromatic heterocycles. The van der Waals surface area contributed by atoms with E-state index in [0.717, 1.165) is 12.1 Å². The Bertz CT molecular complexity index is 758. The van der Waals surface area contributed by atoms with Gasteiger partial charge in [-0.2, -0.15) is 0 Å². The zero-order valence-electron chi connectivity index (χ0n) is 14.7. The molecule has 2 heterocycles. The molecule has 144 valence electrons. The molecule has 2 amide bonds. The number of benzene rings is 1. The first-order chi connectivity index (χ1) is 12.6. The Labute approximate surface area is 163 Å². The Hall–Kier alpha value is -2.51. The van der Waals surface area contributed by atoms with Gasteiger partial charge in [0.25, 0.3) is 5.91 Å². The smallest absolute Gasteiger partial charge is 0.251 e. The quantitative estimate of drug-likeness (QED) is 0.815.